The number of nitrogens with zero attached hydrogens (tertiary/aromatic N) is 4. The van der Waals surface area contributed by atoms with Gasteiger partial charge in [-0.15, -0.1) is 0 Å². The van der Waals surface area contributed by atoms with Crippen LogP contribution in [0.5, 0.6) is 5.75 Å². The molecular weight excluding hydrogens is 498 g/mol. The van der Waals surface area contributed by atoms with E-state index in [1.807, 2.05) is 70.2 Å². The summed E-state index contributed by atoms with van der Waals surface area (Å²) in [5.41, 5.74) is 5.89. The van der Waals surface area contributed by atoms with E-state index in [0.717, 1.165) is 44.8 Å². The van der Waals surface area contributed by atoms with Gasteiger partial charge in [0.25, 0.3) is 5.91 Å². The Hall–Kier alpha value is -3.98. The molecule has 9 heteroatoms. The summed E-state index contributed by atoms with van der Waals surface area (Å²) < 4.78 is 7.76. The second-order valence-electron chi connectivity index (χ2n) is 10.5. The third-order valence-electron chi connectivity index (χ3n) is 7.07. The number of nitrogens with one attached hydrogen (secondary N) is 1. The summed E-state index contributed by atoms with van der Waals surface area (Å²) in [6.45, 7) is 9.34. The highest BCUT2D eigenvalue weighted by Gasteiger charge is 2.35. The SMILES string of the molecule is Cc1nn(CC(=O)c2ccccc2)c(C)c1-c1ccc2c(c1)N(c1nc3c(s1)C(=O)NC(C)(C)C3)CCO2. The van der Waals surface area contributed by atoms with Crippen LogP contribution in [0.15, 0.2) is 48.5 Å². The number of benzene rings is 2. The van der Waals surface area contributed by atoms with Gasteiger partial charge in [0.15, 0.2) is 10.9 Å². The summed E-state index contributed by atoms with van der Waals surface area (Å²) in [4.78, 5) is 33.3. The van der Waals surface area contributed by atoms with Gasteiger partial charge in [-0.25, -0.2) is 4.98 Å². The molecule has 2 aromatic carbocycles. The first-order chi connectivity index (χ1) is 18.2. The lowest BCUT2D eigenvalue weighted by Gasteiger charge is -2.30. The van der Waals surface area contributed by atoms with Gasteiger partial charge < -0.3 is 15.0 Å². The van der Waals surface area contributed by atoms with E-state index >= 15 is 0 Å². The number of aryl methyl sites for hydroxylation is 1. The van der Waals surface area contributed by atoms with Crippen molar-refractivity contribution in [3.05, 3.63) is 76.1 Å². The Kier molecular flexibility index (Phi) is 5.83. The minimum atomic E-state index is -0.317. The summed E-state index contributed by atoms with van der Waals surface area (Å²) in [6.07, 6.45) is 0.696. The van der Waals surface area contributed by atoms with Crippen LogP contribution in [0.25, 0.3) is 11.1 Å². The lowest BCUT2D eigenvalue weighted by Crippen LogP contribution is -2.48. The van der Waals surface area contributed by atoms with E-state index in [1.165, 1.54) is 11.3 Å². The van der Waals surface area contributed by atoms with Gasteiger partial charge in [-0.3, -0.25) is 14.3 Å². The van der Waals surface area contributed by atoms with Crippen LogP contribution < -0.4 is 15.0 Å². The van der Waals surface area contributed by atoms with Gasteiger partial charge in [0.1, 0.15) is 23.8 Å². The minimum absolute atomic E-state index is 0.0210. The zero-order valence-corrected chi connectivity index (χ0v) is 22.7. The number of ether oxygens (including phenoxy) is 1. The highest BCUT2D eigenvalue weighted by molar-refractivity contribution is 7.17. The van der Waals surface area contributed by atoms with Crippen molar-refractivity contribution >= 4 is 33.8 Å². The van der Waals surface area contributed by atoms with Crippen LogP contribution >= 0.6 is 11.3 Å². The highest BCUT2D eigenvalue weighted by atomic mass is 32.1. The average Bonchev–Trinajstić information content (AvgIpc) is 3.43. The zero-order chi connectivity index (χ0) is 26.6. The van der Waals surface area contributed by atoms with Crippen LogP contribution in [0, 0.1) is 13.8 Å². The fourth-order valence-corrected chi connectivity index (χ4v) is 6.29. The monoisotopic (exact) mass is 527 g/mol. The predicted octanol–water partition coefficient (Wildman–Crippen LogP) is 5.10. The summed E-state index contributed by atoms with van der Waals surface area (Å²) in [7, 11) is 0. The molecule has 4 heterocycles. The van der Waals surface area contributed by atoms with Crippen LogP contribution in [0.2, 0.25) is 0 Å². The van der Waals surface area contributed by atoms with Gasteiger partial charge >= 0.3 is 0 Å². The molecule has 0 fully saturated rings. The molecule has 194 valence electrons. The van der Waals surface area contributed by atoms with Gasteiger partial charge in [0, 0.05) is 28.8 Å². The van der Waals surface area contributed by atoms with Crippen molar-refractivity contribution in [2.24, 2.45) is 0 Å². The van der Waals surface area contributed by atoms with E-state index in [9.17, 15) is 9.59 Å². The van der Waals surface area contributed by atoms with Crippen LogP contribution in [0.4, 0.5) is 10.8 Å². The third kappa shape index (κ3) is 4.26. The molecule has 0 spiro atoms. The van der Waals surface area contributed by atoms with Crippen LogP contribution in [0.3, 0.4) is 0 Å². The predicted molar refractivity (Wildman–Crippen MR) is 148 cm³/mol. The molecule has 0 unspecified atom stereocenters. The van der Waals surface area contributed by atoms with Crippen molar-refractivity contribution in [3.63, 3.8) is 0 Å². The van der Waals surface area contributed by atoms with Crippen molar-refractivity contribution in [2.45, 2.75) is 46.2 Å². The lowest BCUT2D eigenvalue weighted by atomic mass is 9.94. The largest absolute Gasteiger partial charge is 0.490 e. The number of fused-ring (bicyclic) bond motifs is 2. The lowest BCUT2D eigenvalue weighted by molar-refractivity contribution is 0.0899. The molecule has 4 aromatic rings. The van der Waals surface area contributed by atoms with E-state index in [0.29, 0.717) is 30.0 Å². The molecule has 0 bridgehead atoms. The fourth-order valence-electron chi connectivity index (χ4n) is 5.27. The standard InChI is InChI=1S/C29H29N5O3S/c1-17-25(18(2)34(32-17)16-23(35)19-8-6-5-7-9-19)20-10-11-24-22(14-20)33(12-13-37-24)28-30-21-15-29(3,4)31-27(36)26(21)38-28/h5-11,14H,12-13,15-16H2,1-4H3,(H,31,36). The number of amides is 1. The number of Topliss-reactive ketones (excluding diaryl/α,β-unsaturated/α-hetero) is 1. The van der Waals surface area contributed by atoms with Gasteiger partial charge in [-0.05, 0) is 45.4 Å². The van der Waals surface area contributed by atoms with Crippen molar-refractivity contribution in [1.29, 1.82) is 0 Å². The molecule has 2 aromatic heterocycles. The van der Waals surface area contributed by atoms with Gasteiger partial charge in [0.2, 0.25) is 0 Å². The summed E-state index contributed by atoms with van der Waals surface area (Å²) in [6, 6.07) is 15.4. The molecule has 1 N–H and O–H groups in total. The first-order valence-corrected chi connectivity index (χ1v) is 13.5. The van der Waals surface area contributed by atoms with Crippen molar-refractivity contribution in [1.82, 2.24) is 20.1 Å². The Labute approximate surface area is 225 Å². The molecule has 38 heavy (non-hydrogen) atoms. The van der Waals surface area contributed by atoms with Gasteiger partial charge in [-0.2, -0.15) is 5.10 Å². The topological polar surface area (TPSA) is 89.4 Å². The smallest absolute Gasteiger partial charge is 0.263 e. The van der Waals surface area contributed by atoms with Gasteiger partial charge in [-0.1, -0.05) is 47.7 Å². The van der Waals surface area contributed by atoms with Crippen LogP contribution in [-0.4, -0.2) is 45.1 Å². The maximum Gasteiger partial charge on any atom is 0.263 e. The summed E-state index contributed by atoms with van der Waals surface area (Å²) >= 11 is 1.42. The van der Waals surface area contributed by atoms with E-state index in [1.54, 1.807) is 4.68 Å². The Balaban J connectivity index is 1.34. The first kappa shape index (κ1) is 24.4. The molecule has 1 amide bonds. The second kappa shape index (κ2) is 9.09. The Bertz CT molecular complexity index is 1570. The maximum absolute atomic E-state index is 12.8. The Morgan fingerprint density at radius 2 is 1.95 bits per heavy atom. The first-order valence-electron chi connectivity index (χ1n) is 12.7. The average molecular weight is 528 g/mol. The summed E-state index contributed by atoms with van der Waals surface area (Å²) in [5, 5.41) is 8.57. The summed E-state index contributed by atoms with van der Waals surface area (Å²) in [5.74, 6) is 0.735. The molecule has 0 aliphatic carbocycles. The maximum atomic E-state index is 12.8. The number of thiazole rings is 1. The molecule has 0 saturated heterocycles. The van der Waals surface area contributed by atoms with Crippen LogP contribution in [0.1, 0.15) is 51.0 Å². The molecule has 0 atom stereocenters. The fraction of sp³-hybridized carbons (Fsp3) is 0.310. The molecule has 2 aliphatic rings. The van der Waals surface area contributed by atoms with E-state index in [2.05, 4.69) is 16.3 Å². The number of carbonyl (C=O) groups excluding carboxylic acids is 2. The second-order valence-corrected chi connectivity index (χ2v) is 11.4. The highest BCUT2D eigenvalue weighted by Crippen LogP contribution is 2.43. The number of anilines is 2. The number of carbonyl (C=O) groups is 2. The Morgan fingerprint density at radius 3 is 2.74 bits per heavy atom. The van der Waals surface area contributed by atoms with Crippen molar-refractivity contribution < 1.29 is 14.3 Å². The van der Waals surface area contributed by atoms with Crippen molar-refractivity contribution in [2.75, 3.05) is 18.1 Å². The number of hydrogen-bond acceptors (Lipinski definition) is 7. The molecule has 0 radical (unpaired) electrons. The van der Waals surface area contributed by atoms with E-state index in [-0.39, 0.29) is 23.8 Å². The third-order valence-corrected chi connectivity index (χ3v) is 8.19. The number of hydrogen-bond donors (Lipinski definition) is 1. The molecule has 8 nitrogen and oxygen atoms in total. The number of ketones is 1. The molecule has 0 saturated carbocycles. The molecule has 2 aliphatic heterocycles. The molecule has 6 rings (SSSR count). The van der Waals surface area contributed by atoms with E-state index in [4.69, 9.17) is 14.8 Å². The molecular formula is C29H29N5O3S. The number of rotatable bonds is 5. The Morgan fingerprint density at radius 1 is 1.16 bits per heavy atom. The minimum Gasteiger partial charge on any atom is -0.490 e. The number of aromatic nitrogens is 3. The normalized spacial score (nSPS) is 15.9. The van der Waals surface area contributed by atoms with Crippen LogP contribution in [-0.2, 0) is 13.0 Å². The van der Waals surface area contributed by atoms with E-state index < -0.39 is 0 Å². The van der Waals surface area contributed by atoms with Crippen molar-refractivity contribution in [3.8, 4) is 16.9 Å². The zero-order valence-electron chi connectivity index (χ0n) is 21.9. The quantitative estimate of drug-likeness (QED) is 0.363. The van der Waals surface area contributed by atoms with Gasteiger partial charge in [0.05, 0.1) is 23.6 Å².